The lowest BCUT2D eigenvalue weighted by Crippen LogP contribution is -2.87. The van der Waals surface area contributed by atoms with E-state index in [1.807, 2.05) is 30.3 Å². The Bertz CT molecular complexity index is 845. The Labute approximate surface area is 157 Å². The van der Waals surface area contributed by atoms with Gasteiger partial charge in [-0.3, -0.25) is 4.79 Å². The maximum Gasteiger partial charge on any atom is 0.279 e. The fraction of sp³-hybridized carbons (Fsp3) is 0.190. The molecule has 0 saturated heterocycles. The lowest BCUT2D eigenvalue weighted by molar-refractivity contribution is -0.675. The molecule has 0 saturated carbocycles. The minimum absolute atomic E-state index is 0.0353. The molecular formula is C21H23N2O2S+. The molecule has 3 aromatic rings. The summed E-state index contributed by atoms with van der Waals surface area (Å²) in [6.45, 7) is 2.42. The Balaban J connectivity index is 1.67. The van der Waals surface area contributed by atoms with Gasteiger partial charge in [0, 0.05) is 17.3 Å². The number of ether oxygens (including phenoxy) is 1. The maximum atomic E-state index is 12.4. The van der Waals surface area contributed by atoms with Crippen LogP contribution in [0.5, 0.6) is 5.75 Å². The Morgan fingerprint density at radius 3 is 2.65 bits per heavy atom. The summed E-state index contributed by atoms with van der Waals surface area (Å²) in [6, 6.07) is 20.2. The Morgan fingerprint density at radius 2 is 1.96 bits per heavy atom. The second kappa shape index (κ2) is 8.65. The van der Waals surface area contributed by atoms with Gasteiger partial charge in [0.05, 0.1) is 12.0 Å². The summed E-state index contributed by atoms with van der Waals surface area (Å²) in [5.41, 5.74) is 3.17. The Morgan fingerprint density at radius 1 is 1.15 bits per heavy atom. The third kappa shape index (κ3) is 4.71. The van der Waals surface area contributed by atoms with Gasteiger partial charge in [-0.2, -0.15) is 0 Å². The molecule has 2 aromatic carbocycles. The molecule has 1 aromatic heterocycles. The molecule has 1 heterocycles. The second-order valence-corrected chi connectivity index (χ2v) is 7.10. The summed E-state index contributed by atoms with van der Waals surface area (Å²) in [5.74, 6) is 0.690. The molecule has 0 fully saturated rings. The van der Waals surface area contributed by atoms with E-state index in [0.29, 0.717) is 6.54 Å². The molecule has 0 radical (unpaired) electrons. The first-order chi connectivity index (χ1) is 12.7. The molecule has 0 aliphatic carbocycles. The molecular weight excluding hydrogens is 344 g/mol. The predicted molar refractivity (Wildman–Crippen MR) is 106 cm³/mol. The number of anilines is 1. The molecule has 0 bridgehead atoms. The number of nitrogens with two attached hydrogens (primary N) is 1. The van der Waals surface area contributed by atoms with Crippen molar-refractivity contribution in [3.8, 4) is 5.75 Å². The topological polar surface area (TPSA) is 54.9 Å². The van der Waals surface area contributed by atoms with Crippen molar-refractivity contribution in [2.75, 3.05) is 19.0 Å². The fourth-order valence-electron chi connectivity index (χ4n) is 2.80. The Hall–Kier alpha value is -2.63. The van der Waals surface area contributed by atoms with E-state index in [0.717, 1.165) is 11.4 Å². The third-order valence-electron chi connectivity index (χ3n) is 4.18. The second-order valence-electron chi connectivity index (χ2n) is 6.12. The van der Waals surface area contributed by atoms with Crippen molar-refractivity contribution >= 4 is 22.9 Å². The summed E-state index contributed by atoms with van der Waals surface area (Å²) in [4.78, 5) is 13.6. The molecule has 1 atom stereocenters. The highest BCUT2D eigenvalue weighted by Crippen LogP contribution is 2.23. The molecule has 3 rings (SSSR count). The molecule has 0 aliphatic rings. The average molecular weight is 367 g/mol. The van der Waals surface area contributed by atoms with E-state index in [-0.39, 0.29) is 11.9 Å². The zero-order valence-corrected chi connectivity index (χ0v) is 15.8. The predicted octanol–water partition coefficient (Wildman–Crippen LogP) is 3.36. The number of benzene rings is 2. The van der Waals surface area contributed by atoms with Gasteiger partial charge in [0.25, 0.3) is 5.91 Å². The number of hydrogen-bond acceptors (Lipinski definition) is 3. The van der Waals surface area contributed by atoms with Gasteiger partial charge in [-0.25, -0.2) is 0 Å². The van der Waals surface area contributed by atoms with E-state index in [2.05, 4.69) is 53.3 Å². The number of rotatable bonds is 7. The summed E-state index contributed by atoms with van der Waals surface area (Å²) in [6.07, 6.45) is 0. The van der Waals surface area contributed by atoms with E-state index in [1.54, 1.807) is 18.4 Å². The van der Waals surface area contributed by atoms with Crippen molar-refractivity contribution in [3.05, 3.63) is 82.0 Å². The van der Waals surface area contributed by atoms with Gasteiger partial charge in [-0.05, 0) is 30.5 Å². The molecule has 0 spiro atoms. The summed E-state index contributed by atoms with van der Waals surface area (Å²) >= 11 is 1.71. The molecule has 134 valence electrons. The van der Waals surface area contributed by atoms with Crippen LogP contribution in [0.15, 0.2) is 66.0 Å². The number of thiophene rings is 1. The van der Waals surface area contributed by atoms with Crippen molar-refractivity contribution in [2.45, 2.75) is 13.0 Å². The van der Waals surface area contributed by atoms with Crippen LogP contribution in [0.25, 0.3) is 0 Å². The van der Waals surface area contributed by atoms with Crippen LogP contribution < -0.4 is 15.4 Å². The largest absolute Gasteiger partial charge is 0.497 e. The minimum atomic E-state index is -0.0353. The number of aryl methyl sites for hydroxylation is 1. The van der Waals surface area contributed by atoms with Crippen molar-refractivity contribution in [2.24, 2.45) is 0 Å². The third-order valence-corrected chi connectivity index (χ3v) is 5.13. The average Bonchev–Trinajstić information content (AvgIpc) is 3.18. The van der Waals surface area contributed by atoms with Gasteiger partial charge in [0.1, 0.15) is 11.8 Å². The van der Waals surface area contributed by atoms with E-state index >= 15 is 0 Å². The van der Waals surface area contributed by atoms with E-state index in [1.165, 1.54) is 16.0 Å². The lowest BCUT2D eigenvalue weighted by Gasteiger charge is -2.15. The SMILES string of the molecule is COc1cccc(NC(=O)C[NH2+][C@H](c2ccc(C)cc2)c2cccs2)c1. The van der Waals surface area contributed by atoms with Gasteiger partial charge in [0.2, 0.25) is 0 Å². The van der Waals surface area contributed by atoms with Gasteiger partial charge in [-0.15, -0.1) is 11.3 Å². The van der Waals surface area contributed by atoms with Gasteiger partial charge >= 0.3 is 0 Å². The number of quaternary nitrogens is 1. The number of methoxy groups -OCH3 is 1. The minimum Gasteiger partial charge on any atom is -0.497 e. The van der Waals surface area contributed by atoms with Gasteiger partial charge in [0.15, 0.2) is 6.54 Å². The van der Waals surface area contributed by atoms with Crippen LogP contribution in [0.4, 0.5) is 5.69 Å². The Kier molecular flexibility index (Phi) is 6.04. The van der Waals surface area contributed by atoms with Crippen LogP contribution in [-0.2, 0) is 4.79 Å². The highest BCUT2D eigenvalue weighted by molar-refractivity contribution is 7.10. The summed E-state index contributed by atoms with van der Waals surface area (Å²) in [7, 11) is 1.61. The van der Waals surface area contributed by atoms with Crippen LogP contribution in [0.1, 0.15) is 22.0 Å². The highest BCUT2D eigenvalue weighted by atomic mass is 32.1. The fourth-order valence-corrected chi connectivity index (χ4v) is 3.65. The highest BCUT2D eigenvalue weighted by Gasteiger charge is 2.20. The van der Waals surface area contributed by atoms with Gasteiger partial charge < -0.3 is 15.4 Å². The van der Waals surface area contributed by atoms with Crippen molar-refractivity contribution in [1.29, 1.82) is 0 Å². The molecule has 5 heteroatoms. The summed E-state index contributed by atoms with van der Waals surface area (Å²) in [5, 5.41) is 7.08. The van der Waals surface area contributed by atoms with E-state index in [4.69, 9.17) is 4.74 Å². The molecule has 0 unspecified atom stereocenters. The zero-order chi connectivity index (χ0) is 18.4. The molecule has 1 amide bonds. The quantitative estimate of drug-likeness (QED) is 0.673. The number of amides is 1. The van der Waals surface area contributed by atoms with Crippen molar-refractivity contribution in [1.82, 2.24) is 0 Å². The van der Waals surface area contributed by atoms with Gasteiger partial charge in [-0.1, -0.05) is 42.0 Å². The monoisotopic (exact) mass is 367 g/mol. The van der Waals surface area contributed by atoms with Crippen molar-refractivity contribution < 1.29 is 14.8 Å². The van der Waals surface area contributed by atoms with Crippen molar-refractivity contribution in [3.63, 3.8) is 0 Å². The summed E-state index contributed by atoms with van der Waals surface area (Å²) < 4.78 is 5.19. The van der Waals surface area contributed by atoms with E-state index < -0.39 is 0 Å². The molecule has 3 N–H and O–H groups in total. The van der Waals surface area contributed by atoms with Crippen LogP contribution in [0.3, 0.4) is 0 Å². The van der Waals surface area contributed by atoms with Crippen LogP contribution in [-0.4, -0.2) is 19.6 Å². The number of hydrogen-bond donors (Lipinski definition) is 2. The number of carbonyl (C=O) groups is 1. The first-order valence-corrected chi connectivity index (χ1v) is 9.41. The van der Waals surface area contributed by atoms with Crippen LogP contribution >= 0.6 is 11.3 Å². The van der Waals surface area contributed by atoms with Crippen LogP contribution in [0.2, 0.25) is 0 Å². The lowest BCUT2D eigenvalue weighted by atomic mass is 10.0. The number of nitrogens with one attached hydrogen (secondary N) is 1. The maximum absolute atomic E-state index is 12.4. The number of carbonyl (C=O) groups excluding carboxylic acids is 1. The van der Waals surface area contributed by atoms with Crippen LogP contribution in [0, 0.1) is 6.92 Å². The first kappa shape index (κ1) is 18.2. The zero-order valence-electron chi connectivity index (χ0n) is 14.9. The molecule has 26 heavy (non-hydrogen) atoms. The molecule has 4 nitrogen and oxygen atoms in total. The van der Waals surface area contributed by atoms with E-state index in [9.17, 15) is 4.79 Å². The first-order valence-electron chi connectivity index (χ1n) is 8.53. The molecule has 0 aliphatic heterocycles. The smallest absolute Gasteiger partial charge is 0.279 e. The normalized spacial score (nSPS) is 11.8. The standard InChI is InChI=1S/C21H22N2O2S/c1-15-8-10-16(11-9-15)21(19-7-4-12-26-19)22-14-20(24)23-17-5-3-6-18(13-17)25-2/h3-13,21-22H,14H2,1-2H3,(H,23,24)/p+1/t21-/m1/s1.